The minimum Gasteiger partial charge on any atom is -0.473 e. The summed E-state index contributed by atoms with van der Waals surface area (Å²) in [5.41, 5.74) is -1.34. The second-order valence-corrected chi connectivity index (χ2v) is 3.97. The maximum absolute atomic E-state index is 11.8. The van der Waals surface area contributed by atoms with Crippen LogP contribution in [0.2, 0.25) is 0 Å². The number of hydrogen-bond acceptors (Lipinski definition) is 9. The molecule has 126 valence electrons. The van der Waals surface area contributed by atoms with Gasteiger partial charge in [0.1, 0.15) is 6.61 Å². The molecule has 10 nitrogen and oxygen atoms in total. The summed E-state index contributed by atoms with van der Waals surface area (Å²) in [5.74, 6) is -1.28. The second kappa shape index (κ2) is 8.63. The van der Waals surface area contributed by atoms with Crippen LogP contribution in [0.1, 0.15) is 19.5 Å². The van der Waals surface area contributed by atoms with Crippen LogP contribution in [0.25, 0.3) is 5.57 Å². The van der Waals surface area contributed by atoms with Crippen LogP contribution in [0, 0.1) is 10.1 Å². The van der Waals surface area contributed by atoms with Crippen LogP contribution in [0.15, 0.2) is 6.58 Å². The molecule has 0 aliphatic rings. The van der Waals surface area contributed by atoms with E-state index in [0.29, 0.717) is 0 Å². The summed E-state index contributed by atoms with van der Waals surface area (Å²) in [5, 5.41) is 20.0. The summed E-state index contributed by atoms with van der Waals surface area (Å²) in [6, 6.07) is -0.187. The number of carbonyl (C=O) groups is 1. The zero-order chi connectivity index (χ0) is 17.4. The van der Waals surface area contributed by atoms with E-state index >= 15 is 0 Å². The van der Waals surface area contributed by atoms with Gasteiger partial charge >= 0.3 is 23.5 Å². The minimum absolute atomic E-state index is 0.115. The van der Waals surface area contributed by atoms with E-state index in [1.54, 1.807) is 13.8 Å². The van der Waals surface area contributed by atoms with E-state index in [4.69, 9.17) is 14.6 Å². The zero-order valence-electron chi connectivity index (χ0n) is 12.8. The molecule has 0 amide bonds. The molecule has 0 spiro atoms. The first-order valence-electron chi connectivity index (χ1n) is 6.75. The van der Waals surface area contributed by atoms with Gasteiger partial charge in [0.25, 0.3) is 0 Å². The van der Waals surface area contributed by atoms with Gasteiger partial charge in [-0.15, -0.1) is 0 Å². The van der Waals surface area contributed by atoms with E-state index in [9.17, 15) is 14.9 Å². The Morgan fingerprint density at radius 2 is 1.96 bits per heavy atom. The predicted molar refractivity (Wildman–Crippen MR) is 78.1 cm³/mol. The van der Waals surface area contributed by atoms with Crippen LogP contribution in [0.3, 0.4) is 0 Å². The maximum atomic E-state index is 11.8. The fourth-order valence-electron chi connectivity index (χ4n) is 1.54. The molecular weight excluding hydrogens is 310 g/mol. The van der Waals surface area contributed by atoms with E-state index in [0.717, 1.165) is 0 Å². The Hall–Kier alpha value is -2.75. The summed E-state index contributed by atoms with van der Waals surface area (Å²) in [7, 11) is 0. The van der Waals surface area contributed by atoms with Crippen LogP contribution in [-0.4, -0.2) is 52.4 Å². The third-order valence-corrected chi connectivity index (χ3v) is 2.43. The molecule has 0 saturated carbocycles. The van der Waals surface area contributed by atoms with E-state index < -0.39 is 16.6 Å². The molecule has 1 aromatic rings. The molecule has 0 atom stereocenters. The third-order valence-electron chi connectivity index (χ3n) is 2.43. The summed E-state index contributed by atoms with van der Waals surface area (Å²) < 4.78 is 14.9. The van der Waals surface area contributed by atoms with E-state index in [1.165, 1.54) is 0 Å². The third kappa shape index (κ3) is 4.61. The normalized spacial score (nSPS) is 10.0. The number of carbonyl (C=O) groups excluding carboxylic acids is 1. The smallest absolute Gasteiger partial charge is 0.357 e. The van der Waals surface area contributed by atoms with Gasteiger partial charge in [-0.1, -0.05) is 6.58 Å². The molecule has 1 aromatic heterocycles. The molecule has 23 heavy (non-hydrogen) atoms. The standard InChI is InChI=1S/C13H17N3O7/c1-4-21-11-10(16(19)20)9(14-13(15-11)22-5-2)8(3)12(18)23-7-6-17/h17H,3-7H2,1-2H3. The molecule has 0 fully saturated rings. The molecule has 0 saturated heterocycles. The Kier molecular flexibility index (Phi) is 6.87. The molecule has 0 radical (unpaired) electrons. The Bertz CT molecular complexity index is 603. The lowest BCUT2D eigenvalue weighted by molar-refractivity contribution is -0.386. The van der Waals surface area contributed by atoms with Crippen LogP contribution >= 0.6 is 0 Å². The van der Waals surface area contributed by atoms with E-state index in [2.05, 4.69) is 21.3 Å². The van der Waals surface area contributed by atoms with Crippen molar-refractivity contribution >= 4 is 17.2 Å². The van der Waals surface area contributed by atoms with Crippen molar-refractivity contribution in [2.75, 3.05) is 26.4 Å². The number of esters is 1. The quantitative estimate of drug-likeness (QED) is 0.301. The molecule has 1 rings (SSSR count). The lowest BCUT2D eigenvalue weighted by atomic mass is 10.2. The fraction of sp³-hybridized carbons (Fsp3) is 0.462. The van der Waals surface area contributed by atoms with Crippen LogP contribution < -0.4 is 9.47 Å². The highest BCUT2D eigenvalue weighted by atomic mass is 16.6. The van der Waals surface area contributed by atoms with Crippen molar-refractivity contribution in [2.24, 2.45) is 0 Å². The summed E-state index contributed by atoms with van der Waals surface area (Å²) in [6.45, 7) is 6.43. The van der Waals surface area contributed by atoms with Crippen molar-refractivity contribution in [3.05, 3.63) is 22.4 Å². The average molecular weight is 327 g/mol. The zero-order valence-corrected chi connectivity index (χ0v) is 12.8. The number of hydrogen-bond donors (Lipinski definition) is 1. The first kappa shape index (κ1) is 18.3. The SMILES string of the molecule is C=C(C(=O)OCCO)c1nc(OCC)nc(OCC)c1[N+](=O)[O-]. The van der Waals surface area contributed by atoms with Gasteiger partial charge in [-0.3, -0.25) is 10.1 Å². The number of nitrogens with zero attached hydrogens (tertiary/aromatic N) is 3. The molecule has 0 aliphatic carbocycles. The van der Waals surface area contributed by atoms with Crippen molar-refractivity contribution in [1.29, 1.82) is 0 Å². The van der Waals surface area contributed by atoms with Gasteiger partial charge < -0.3 is 19.3 Å². The Morgan fingerprint density at radius 3 is 2.48 bits per heavy atom. The van der Waals surface area contributed by atoms with Gasteiger partial charge in [0, 0.05) is 0 Å². The molecule has 0 aromatic carbocycles. The van der Waals surface area contributed by atoms with Crippen LogP contribution in [0.4, 0.5) is 5.69 Å². The highest BCUT2D eigenvalue weighted by Gasteiger charge is 2.31. The Morgan fingerprint density at radius 1 is 1.30 bits per heavy atom. The highest BCUT2D eigenvalue weighted by Crippen LogP contribution is 2.34. The van der Waals surface area contributed by atoms with Gasteiger partial charge in [0.2, 0.25) is 0 Å². The average Bonchev–Trinajstić information content (AvgIpc) is 2.51. The number of ether oxygens (including phenoxy) is 3. The van der Waals surface area contributed by atoms with Gasteiger partial charge in [-0.05, 0) is 13.8 Å². The van der Waals surface area contributed by atoms with Gasteiger partial charge in [-0.2, -0.15) is 9.97 Å². The fourth-order valence-corrected chi connectivity index (χ4v) is 1.54. The van der Waals surface area contributed by atoms with Crippen molar-refractivity contribution in [3.63, 3.8) is 0 Å². The number of aromatic nitrogens is 2. The molecule has 0 unspecified atom stereocenters. The van der Waals surface area contributed by atoms with E-state index in [1.807, 2.05) is 0 Å². The van der Waals surface area contributed by atoms with E-state index in [-0.39, 0.29) is 49.6 Å². The number of aliphatic hydroxyl groups is 1. The molecule has 1 N–H and O–H groups in total. The predicted octanol–water partition coefficient (Wildman–Crippen LogP) is 0.731. The summed E-state index contributed by atoms with van der Waals surface area (Å²) in [4.78, 5) is 30.0. The highest BCUT2D eigenvalue weighted by molar-refractivity contribution is 6.16. The van der Waals surface area contributed by atoms with Crippen molar-refractivity contribution < 1.29 is 29.0 Å². The maximum Gasteiger partial charge on any atom is 0.357 e. The van der Waals surface area contributed by atoms with Crippen LogP contribution in [-0.2, 0) is 9.53 Å². The lowest BCUT2D eigenvalue weighted by Gasteiger charge is -2.11. The number of nitro groups is 1. The van der Waals surface area contributed by atoms with Gasteiger partial charge in [-0.25, -0.2) is 4.79 Å². The van der Waals surface area contributed by atoms with Gasteiger partial charge in [0.05, 0.1) is 30.3 Å². The Balaban J connectivity index is 3.38. The number of aliphatic hydroxyl groups excluding tert-OH is 1. The topological polar surface area (TPSA) is 134 Å². The lowest BCUT2D eigenvalue weighted by Crippen LogP contribution is -2.14. The van der Waals surface area contributed by atoms with Crippen molar-refractivity contribution in [2.45, 2.75) is 13.8 Å². The Labute approximate surface area is 131 Å². The van der Waals surface area contributed by atoms with Crippen molar-refractivity contribution in [3.8, 4) is 11.9 Å². The van der Waals surface area contributed by atoms with Crippen molar-refractivity contribution in [1.82, 2.24) is 9.97 Å². The first-order chi connectivity index (χ1) is 11.0. The molecule has 0 aliphatic heterocycles. The van der Waals surface area contributed by atoms with Gasteiger partial charge in [0.15, 0.2) is 5.69 Å². The number of rotatable bonds is 9. The largest absolute Gasteiger partial charge is 0.473 e. The molecular formula is C13H17N3O7. The first-order valence-corrected chi connectivity index (χ1v) is 6.75. The molecule has 1 heterocycles. The second-order valence-electron chi connectivity index (χ2n) is 3.97. The molecule has 0 bridgehead atoms. The molecule has 10 heteroatoms. The minimum atomic E-state index is -0.953. The summed E-state index contributed by atoms with van der Waals surface area (Å²) >= 11 is 0. The monoisotopic (exact) mass is 327 g/mol. The van der Waals surface area contributed by atoms with Crippen LogP contribution in [0.5, 0.6) is 11.9 Å². The summed E-state index contributed by atoms with van der Waals surface area (Å²) in [6.07, 6.45) is 0.